The normalized spacial score (nSPS) is 19.6. The average Bonchev–Trinajstić information content (AvgIpc) is 3.20. The standard InChI is InChI=1S/C22H24N4O5S/c1-15-13-26(14-16(2)30-15)32(28,29)19-10-8-18(9-11-19)21(27)23-22-25-24-20(31-22)12-17-6-4-3-5-7-17/h3-11,15-16H,12-14H2,1-2H3,(H,23,25,27)/t15-,16-/m0/s1. The van der Waals surface area contributed by atoms with Gasteiger partial charge in [0.1, 0.15) is 0 Å². The summed E-state index contributed by atoms with van der Waals surface area (Å²) in [6.07, 6.45) is 0.0919. The molecule has 1 aliphatic rings. The molecule has 0 unspecified atom stereocenters. The van der Waals surface area contributed by atoms with Gasteiger partial charge in [-0.2, -0.15) is 4.31 Å². The molecule has 0 bridgehead atoms. The second-order valence-electron chi connectivity index (χ2n) is 7.72. The lowest BCUT2D eigenvalue weighted by molar-refractivity contribution is -0.0440. The first kappa shape index (κ1) is 22.1. The summed E-state index contributed by atoms with van der Waals surface area (Å²) in [6.45, 7) is 4.26. The fraction of sp³-hybridized carbons (Fsp3) is 0.318. The summed E-state index contributed by atoms with van der Waals surface area (Å²) in [5.41, 5.74) is 1.28. The Morgan fingerprint density at radius 3 is 2.34 bits per heavy atom. The molecule has 1 N–H and O–H groups in total. The van der Waals surface area contributed by atoms with E-state index in [0.29, 0.717) is 12.3 Å². The molecule has 10 heteroatoms. The minimum atomic E-state index is -3.67. The molecule has 2 aromatic carbocycles. The van der Waals surface area contributed by atoms with Crippen molar-refractivity contribution >= 4 is 21.9 Å². The molecule has 9 nitrogen and oxygen atoms in total. The number of amides is 1. The SMILES string of the molecule is C[C@H]1CN(S(=O)(=O)c2ccc(C(=O)Nc3nnc(Cc4ccccc4)o3)cc2)C[C@H](C)O1. The van der Waals surface area contributed by atoms with Crippen LogP contribution >= 0.6 is 0 Å². The zero-order valence-corrected chi connectivity index (χ0v) is 18.6. The van der Waals surface area contributed by atoms with Crippen molar-refractivity contribution in [1.82, 2.24) is 14.5 Å². The lowest BCUT2D eigenvalue weighted by Gasteiger charge is -2.34. The van der Waals surface area contributed by atoms with Gasteiger partial charge in [0.25, 0.3) is 5.91 Å². The molecule has 2 atom stereocenters. The van der Waals surface area contributed by atoms with Gasteiger partial charge in [-0.1, -0.05) is 35.4 Å². The van der Waals surface area contributed by atoms with Crippen molar-refractivity contribution in [3.05, 3.63) is 71.6 Å². The van der Waals surface area contributed by atoms with E-state index in [-0.39, 0.29) is 41.8 Å². The highest BCUT2D eigenvalue weighted by Crippen LogP contribution is 2.22. The van der Waals surface area contributed by atoms with Gasteiger partial charge in [-0.15, -0.1) is 5.10 Å². The van der Waals surface area contributed by atoms with E-state index in [1.165, 1.54) is 28.6 Å². The van der Waals surface area contributed by atoms with Gasteiger partial charge in [-0.25, -0.2) is 8.42 Å². The lowest BCUT2D eigenvalue weighted by Crippen LogP contribution is -2.48. The molecular weight excluding hydrogens is 432 g/mol. The number of sulfonamides is 1. The van der Waals surface area contributed by atoms with Crippen molar-refractivity contribution in [3.63, 3.8) is 0 Å². The number of benzene rings is 2. The molecule has 1 fully saturated rings. The topological polar surface area (TPSA) is 115 Å². The van der Waals surface area contributed by atoms with Crippen LogP contribution in [0, 0.1) is 0 Å². The molecule has 1 aliphatic heterocycles. The van der Waals surface area contributed by atoms with Gasteiger partial charge in [0, 0.05) is 18.7 Å². The van der Waals surface area contributed by atoms with Crippen molar-refractivity contribution in [2.24, 2.45) is 0 Å². The van der Waals surface area contributed by atoms with Gasteiger partial charge < -0.3 is 9.15 Å². The fourth-order valence-electron chi connectivity index (χ4n) is 3.57. The van der Waals surface area contributed by atoms with Gasteiger partial charge in [0.2, 0.25) is 15.9 Å². The van der Waals surface area contributed by atoms with E-state index < -0.39 is 15.9 Å². The summed E-state index contributed by atoms with van der Waals surface area (Å²) >= 11 is 0. The van der Waals surface area contributed by atoms with E-state index in [1.54, 1.807) is 0 Å². The monoisotopic (exact) mass is 456 g/mol. The largest absolute Gasteiger partial charge is 0.407 e. The van der Waals surface area contributed by atoms with E-state index in [9.17, 15) is 13.2 Å². The third-order valence-electron chi connectivity index (χ3n) is 5.03. The summed E-state index contributed by atoms with van der Waals surface area (Å²) in [5.74, 6) is -0.0978. The third-order valence-corrected chi connectivity index (χ3v) is 6.87. The van der Waals surface area contributed by atoms with Crippen LogP contribution in [0.5, 0.6) is 0 Å². The van der Waals surface area contributed by atoms with Gasteiger partial charge in [-0.3, -0.25) is 10.1 Å². The number of hydrogen-bond acceptors (Lipinski definition) is 7. The van der Waals surface area contributed by atoms with Crippen molar-refractivity contribution in [3.8, 4) is 0 Å². The number of aromatic nitrogens is 2. The molecule has 0 spiro atoms. The Labute approximate surface area is 186 Å². The van der Waals surface area contributed by atoms with Gasteiger partial charge in [0.05, 0.1) is 23.5 Å². The van der Waals surface area contributed by atoms with E-state index in [2.05, 4.69) is 15.5 Å². The summed E-state index contributed by atoms with van der Waals surface area (Å²) in [4.78, 5) is 12.6. The average molecular weight is 457 g/mol. The van der Waals surface area contributed by atoms with Crippen LogP contribution in [0.4, 0.5) is 6.01 Å². The molecule has 32 heavy (non-hydrogen) atoms. The van der Waals surface area contributed by atoms with E-state index >= 15 is 0 Å². The number of rotatable bonds is 6. The lowest BCUT2D eigenvalue weighted by atomic mass is 10.2. The molecule has 2 heterocycles. The predicted molar refractivity (Wildman–Crippen MR) is 117 cm³/mol. The zero-order chi connectivity index (χ0) is 22.7. The van der Waals surface area contributed by atoms with E-state index in [4.69, 9.17) is 9.15 Å². The first-order valence-corrected chi connectivity index (χ1v) is 11.7. The summed E-state index contributed by atoms with van der Waals surface area (Å²) < 4.78 is 38.4. The second kappa shape index (κ2) is 9.19. The highest BCUT2D eigenvalue weighted by atomic mass is 32.2. The Kier molecular flexibility index (Phi) is 6.35. The number of carbonyl (C=O) groups is 1. The van der Waals surface area contributed by atoms with Crippen molar-refractivity contribution < 1.29 is 22.4 Å². The molecule has 0 radical (unpaired) electrons. The fourth-order valence-corrected chi connectivity index (χ4v) is 5.16. The molecule has 4 rings (SSSR count). The number of anilines is 1. The van der Waals surface area contributed by atoms with Crippen LogP contribution in [0.1, 0.15) is 35.7 Å². The summed E-state index contributed by atoms with van der Waals surface area (Å²) in [6, 6.07) is 15.4. The highest BCUT2D eigenvalue weighted by molar-refractivity contribution is 7.89. The highest BCUT2D eigenvalue weighted by Gasteiger charge is 2.32. The second-order valence-corrected chi connectivity index (χ2v) is 9.66. The minimum absolute atomic E-state index is 0.0195. The first-order chi connectivity index (χ1) is 15.3. The van der Waals surface area contributed by atoms with Crippen molar-refractivity contribution in [2.75, 3.05) is 18.4 Å². The molecule has 1 saturated heterocycles. The zero-order valence-electron chi connectivity index (χ0n) is 17.8. The number of hydrogen-bond donors (Lipinski definition) is 1. The quantitative estimate of drug-likeness (QED) is 0.606. The third kappa shape index (κ3) is 5.04. The maximum Gasteiger partial charge on any atom is 0.322 e. The van der Waals surface area contributed by atoms with Gasteiger partial charge >= 0.3 is 6.01 Å². The van der Waals surface area contributed by atoms with E-state index in [1.807, 2.05) is 44.2 Å². The molecule has 0 saturated carbocycles. The maximum absolute atomic E-state index is 12.9. The molecule has 3 aromatic rings. The van der Waals surface area contributed by atoms with Crippen molar-refractivity contribution in [2.45, 2.75) is 37.4 Å². The molecule has 168 valence electrons. The molecule has 1 aromatic heterocycles. The minimum Gasteiger partial charge on any atom is -0.407 e. The van der Waals surface area contributed by atoms with Crippen LogP contribution in [-0.2, 0) is 21.2 Å². The molecule has 0 aliphatic carbocycles. The Balaban J connectivity index is 1.41. The van der Waals surface area contributed by atoms with Crippen LogP contribution in [0.3, 0.4) is 0 Å². The van der Waals surface area contributed by atoms with Crippen LogP contribution in [-0.4, -0.2) is 54.1 Å². The number of ether oxygens (including phenoxy) is 1. The first-order valence-electron chi connectivity index (χ1n) is 10.2. The number of nitrogens with zero attached hydrogens (tertiary/aromatic N) is 3. The van der Waals surface area contributed by atoms with E-state index in [0.717, 1.165) is 5.56 Å². The predicted octanol–water partition coefficient (Wildman–Crippen LogP) is 2.71. The number of nitrogens with one attached hydrogen (secondary N) is 1. The Morgan fingerprint density at radius 2 is 1.69 bits per heavy atom. The maximum atomic E-state index is 12.9. The number of carbonyl (C=O) groups excluding carboxylic acids is 1. The molecular formula is C22H24N4O5S. The van der Waals surface area contributed by atoms with Crippen LogP contribution < -0.4 is 5.32 Å². The van der Waals surface area contributed by atoms with Crippen molar-refractivity contribution in [1.29, 1.82) is 0 Å². The molecule has 1 amide bonds. The smallest absolute Gasteiger partial charge is 0.322 e. The summed E-state index contributed by atoms with van der Waals surface area (Å²) in [5, 5.41) is 10.3. The van der Waals surface area contributed by atoms with Crippen LogP contribution in [0.25, 0.3) is 0 Å². The van der Waals surface area contributed by atoms with Crippen LogP contribution in [0.2, 0.25) is 0 Å². The van der Waals surface area contributed by atoms with Gasteiger partial charge in [0.15, 0.2) is 0 Å². The van der Waals surface area contributed by atoms with Crippen LogP contribution in [0.15, 0.2) is 63.9 Å². The number of morpholine rings is 1. The van der Waals surface area contributed by atoms with Gasteiger partial charge in [-0.05, 0) is 43.7 Å². The summed E-state index contributed by atoms with van der Waals surface area (Å²) in [7, 11) is -3.67. The Hall–Kier alpha value is -3.08. The Bertz CT molecular complexity index is 1170. The Morgan fingerprint density at radius 1 is 1.03 bits per heavy atom.